The Morgan fingerprint density at radius 2 is 0.595 bits per heavy atom. The highest BCUT2D eigenvalue weighted by molar-refractivity contribution is 4.57. The molecule has 30 nitrogen and oxygen atoms in total. The molecule has 0 saturated carbocycles. The van der Waals surface area contributed by atoms with Gasteiger partial charge in [0.25, 0.3) is 0 Å². The van der Waals surface area contributed by atoms with Crippen LogP contribution in [0, 0.1) is 81.7 Å². The minimum atomic E-state index is 0.0647. The Hall–Kier alpha value is -5.20. The number of rotatable bonds is 44. The highest BCUT2D eigenvalue weighted by atomic mass is 16.6. The summed E-state index contributed by atoms with van der Waals surface area (Å²) in [6.07, 6.45) is 14.0. The molecule has 0 saturated heterocycles. The summed E-state index contributed by atoms with van der Waals surface area (Å²) in [5, 5.41) is 131. The van der Waals surface area contributed by atoms with Gasteiger partial charge < -0.3 is 79.9 Å². The van der Waals surface area contributed by atoms with E-state index in [1.54, 1.807) is 0 Å². The van der Waals surface area contributed by atoms with Gasteiger partial charge in [0.05, 0.1) is 65.4 Å². The largest absolute Gasteiger partial charge is 0.737 e. The van der Waals surface area contributed by atoms with Crippen molar-refractivity contribution in [2.24, 2.45) is 73.2 Å². The quantitative estimate of drug-likeness (QED) is 0.0165. The van der Waals surface area contributed by atoms with E-state index in [1.807, 2.05) is 20.8 Å². The third kappa shape index (κ3) is 58.8. The molecular weight excluding hydrogens is 1030 g/mol. The predicted octanol–water partition coefficient (Wildman–Crippen LogP) is 8.55. The van der Waals surface area contributed by atoms with E-state index in [4.69, 9.17) is 17.2 Å². The molecule has 0 amide bonds. The molecule has 8 N–H and O–H groups in total. The molecule has 0 heterocycles. The number of hydrogen-bond acceptors (Lipinski definition) is 20. The molecule has 0 aliphatic carbocycles. The lowest BCUT2D eigenvalue weighted by Crippen LogP contribution is -2.36. The van der Waals surface area contributed by atoms with Gasteiger partial charge in [0.2, 0.25) is 0 Å². The van der Waals surface area contributed by atoms with Crippen LogP contribution in [0.5, 0.6) is 0 Å². The molecule has 0 aromatic heterocycles. The molecule has 0 spiro atoms. The summed E-state index contributed by atoms with van der Waals surface area (Å²) in [6, 6.07) is 0. The molecule has 0 aromatic carbocycles. The van der Waals surface area contributed by atoms with Crippen LogP contribution in [-0.4, -0.2) is 161 Å². The summed E-state index contributed by atoms with van der Waals surface area (Å²) in [7, 11) is 0. The van der Waals surface area contributed by atoms with E-state index in [1.165, 1.54) is 37.9 Å². The molecule has 474 valence electrons. The Balaban J connectivity index is -0.000000292. The van der Waals surface area contributed by atoms with Crippen molar-refractivity contribution in [3.05, 3.63) is 52.1 Å². The number of nitrogens with one attached hydrogen (secondary N) is 2. The third-order valence-corrected chi connectivity index (χ3v) is 11.4. The van der Waals surface area contributed by atoms with Gasteiger partial charge in [-0.05, 0) is 185 Å². The van der Waals surface area contributed by atoms with Crippen molar-refractivity contribution in [2.75, 3.05) is 111 Å². The van der Waals surface area contributed by atoms with E-state index in [0.717, 1.165) is 109 Å². The first-order valence-corrected chi connectivity index (χ1v) is 28.9. The van der Waals surface area contributed by atoms with E-state index in [-0.39, 0.29) is 24.8 Å². The molecular formula is C49H113N20O10-5. The van der Waals surface area contributed by atoms with Crippen LogP contribution in [0.2, 0.25) is 0 Å². The fourth-order valence-electron chi connectivity index (χ4n) is 6.76. The van der Waals surface area contributed by atoms with Crippen molar-refractivity contribution in [1.82, 2.24) is 35.7 Å². The summed E-state index contributed by atoms with van der Waals surface area (Å²) in [5.41, 5.74) is 16.0. The molecule has 0 atom stereocenters. The Labute approximate surface area is 475 Å². The van der Waals surface area contributed by atoms with E-state index in [9.17, 15) is 52.1 Å². The zero-order chi connectivity index (χ0) is 61.2. The zero-order valence-electron chi connectivity index (χ0n) is 51.0. The number of hydrogen-bond donors (Lipinski definition) is 5. The van der Waals surface area contributed by atoms with Gasteiger partial charge in [-0.15, -0.1) is 25.0 Å². The maximum Gasteiger partial charge on any atom is 0.0890 e. The van der Waals surface area contributed by atoms with Crippen molar-refractivity contribution >= 4 is 0 Å². The molecule has 0 radical (unpaired) electrons. The summed E-state index contributed by atoms with van der Waals surface area (Å²) in [6.45, 7) is 35.7. The summed E-state index contributed by atoms with van der Waals surface area (Å²) < 4.78 is 0. The average Bonchev–Trinajstić information content (AvgIpc) is 3.42. The Kier molecular flexibility index (Phi) is 63.2. The van der Waals surface area contributed by atoms with Crippen LogP contribution < -0.4 is 27.8 Å². The van der Waals surface area contributed by atoms with E-state index in [2.05, 4.69) is 99.3 Å². The smallest absolute Gasteiger partial charge is 0.0890 e. The van der Waals surface area contributed by atoms with Crippen molar-refractivity contribution in [3.8, 4) is 0 Å². The molecule has 0 unspecified atom stereocenters. The summed E-state index contributed by atoms with van der Waals surface area (Å²) in [5.74, 6) is 2.97. The lowest BCUT2D eigenvalue weighted by molar-refractivity contribution is -0.690. The second-order valence-electron chi connectivity index (χ2n) is 21.0. The van der Waals surface area contributed by atoms with Crippen LogP contribution in [-0.2, 0) is 0 Å². The number of nitrogens with two attached hydrogens (primary N) is 3. The number of nitrogens with zero attached hydrogens (tertiary/aromatic N) is 15. The normalized spacial score (nSPS) is 12.1. The molecule has 30 heteroatoms. The first-order valence-electron chi connectivity index (χ1n) is 28.9. The maximum atomic E-state index is 11.3. The van der Waals surface area contributed by atoms with Gasteiger partial charge in [-0.2, -0.15) is 0 Å². The van der Waals surface area contributed by atoms with Gasteiger partial charge in [-0.1, -0.05) is 89.5 Å². The molecule has 0 bridgehead atoms. The van der Waals surface area contributed by atoms with E-state index < -0.39 is 0 Å². The minimum Gasteiger partial charge on any atom is -0.737 e. The van der Waals surface area contributed by atoms with Gasteiger partial charge in [-0.25, -0.2) is 0 Å². The second-order valence-corrected chi connectivity index (χ2v) is 21.0. The molecule has 0 fully saturated rings. The van der Waals surface area contributed by atoms with E-state index >= 15 is 0 Å². The SMILES string of the molecule is CC(C)CCCN(CCCN)/[N+]([O-])=N/[O-].CC(C)CCCN(CCCNCCCN)/[N+]([O-])=N/[O-].CC(C)CCN(CCN)/[N+]([O-])=N/[O-].CCCCN(CCCNCCCC(C)C)/[N+]([O-])=N/[O-].CCCN(CCC(C)C)/[N+]([O-])=N/[O-]. The Morgan fingerprint density at radius 3 is 0.899 bits per heavy atom. The molecule has 0 aromatic rings. The topological polar surface area (TPSA) is 426 Å². The van der Waals surface area contributed by atoms with Crippen LogP contribution in [0.3, 0.4) is 0 Å². The zero-order valence-corrected chi connectivity index (χ0v) is 51.0. The molecule has 0 aliphatic rings. The van der Waals surface area contributed by atoms with Crippen LogP contribution in [0.4, 0.5) is 0 Å². The summed E-state index contributed by atoms with van der Waals surface area (Å²) >= 11 is 0. The fraction of sp³-hybridized carbons (Fsp3) is 1.00. The third-order valence-electron chi connectivity index (χ3n) is 11.4. The predicted molar refractivity (Wildman–Crippen MR) is 313 cm³/mol. The monoisotopic (exact) mass is 1140 g/mol. The molecule has 0 rings (SSSR count). The van der Waals surface area contributed by atoms with Crippen molar-refractivity contribution in [3.63, 3.8) is 0 Å². The highest BCUT2D eigenvalue weighted by Crippen LogP contribution is 2.08. The van der Waals surface area contributed by atoms with Crippen molar-refractivity contribution < 1.29 is 24.8 Å². The Bertz CT molecular complexity index is 1420. The van der Waals surface area contributed by atoms with Crippen LogP contribution in [0.15, 0.2) is 26.4 Å². The second kappa shape index (κ2) is 60.4. The van der Waals surface area contributed by atoms with Crippen molar-refractivity contribution in [1.29, 1.82) is 0 Å². The van der Waals surface area contributed by atoms with Gasteiger partial charge >= 0.3 is 0 Å². The Morgan fingerprint density at radius 1 is 0.316 bits per heavy atom. The van der Waals surface area contributed by atoms with Gasteiger partial charge in [-0.3, -0.25) is 0 Å². The van der Waals surface area contributed by atoms with Crippen LogP contribution in [0.1, 0.15) is 179 Å². The first kappa shape index (κ1) is 82.6. The lowest BCUT2D eigenvalue weighted by atomic mass is 10.1. The van der Waals surface area contributed by atoms with Gasteiger partial charge in [0.1, 0.15) is 0 Å². The lowest BCUT2D eigenvalue weighted by Gasteiger charge is -2.20. The van der Waals surface area contributed by atoms with E-state index in [0.29, 0.717) is 115 Å². The average molecular weight is 1140 g/mol. The standard InChI is InChI=1S/C13H30N4O2.C12H29N5O2.C9H22N4O2.C8H19N3O2.C7H18N4O2/c1-4-5-11-16(17(19)15-18)12-7-10-14-9-6-8-13(2)3;1-12(2)6-3-10-16(17(19)15-18)11-5-9-14-8-4-7-13;1-9(2)5-3-7-12(8-4-6-10)13(15)11-14;1-4-6-10(11(13)9-12)7-5-8(2)3;1-7(2)3-5-10(6-4-8)11(13)9-12/h13-14,18H,4-12H2,1-3H3;12,14,18H,3-11,13H2,1-2H3;9,14H,3-8,10H2,1-2H3;8,12H,4-7H2,1-3H3;7,12H,3-6,8H2,1-2H3/p-5/b2*17-15-;13-11-;2*11-9-. The summed E-state index contributed by atoms with van der Waals surface area (Å²) in [4.78, 5) is 0.672. The van der Waals surface area contributed by atoms with Crippen molar-refractivity contribution in [2.45, 2.75) is 179 Å². The maximum absolute atomic E-state index is 11.3. The highest BCUT2D eigenvalue weighted by Gasteiger charge is 2.14. The number of hydrazine groups is 5. The van der Waals surface area contributed by atoms with Gasteiger partial charge in [0, 0.05) is 31.4 Å². The van der Waals surface area contributed by atoms with Gasteiger partial charge in [0.15, 0.2) is 0 Å². The van der Waals surface area contributed by atoms with Crippen LogP contribution in [0.25, 0.3) is 0 Å². The first-order chi connectivity index (χ1) is 37.6. The molecule has 79 heavy (non-hydrogen) atoms. The number of unbranched alkanes of at least 4 members (excludes halogenated alkanes) is 1. The fourth-order valence-corrected chi connectivity index (χ4v) is 6.76. The van der Waals surface area contributed by atoms with Crippen LogP contribution >= 0.6 is 0 Å². The minimum absolute atomic E-state index is 0.0647. The molecule has 0 aliphatic heterocycles.